The molecule has 1 aliphatic heterocycles. The summed E-state index contributed by atoms with van der Waals surface area (Å²) in [7, 11) is 1.97. The second-order valence-corrected chi connectivity index (χ2v) is 7.40. The average molecular weight is 402 g/mol. The van der Waals surface area contributed by atoms with Crippen LogP contribution in [0.4, 0.5) is 18.9 Å². The molecule has 0 spiro atoms. The largest absolute Gasteiger partial charge is 0.433 e. The van der Waals surface area contributed by atoms with E-state index in [2.05, 4.69) is 10.3 Å². The molecule has 1 N–H and O–H groups in total. The van der Waals surface area contributed by atoms with Crippen LogP contribution in [0.3, 0.4) is 0 Å². The highest BCUT2D eigenvalue weighted by molar-refractivity contribution is 5.84. The third-order valence-corrected chi connectivity index (χ3v) is 5.27. The van der Waals surface area contributed by atoms with Crippen LogP contribution in [0.5, 0.6) is 0 Å². The zero-order valence-electron chi connectivity index (χ0n) is 15.9. The molecule has 0 saturated carbocycles. The fourth-order valence-corrected chi connectivity index (χ4v) is 3.74. The number of alkyl halides is 3. The number of anilines is 1. The number of carbonyl (C=O) groups is 1. The highest BCUT2D eigenvalue weighted by Gasteiger charge is 2.32. The third-order valence-electron chi connectivity index (χ3n) is 5.27. The van der Waals surface area contributed by atoms with Crippen LogP contribution in [0, 0.1) is 0 Å². The van der Waals surface area contributed by atoms with Crippen LogP contribution in [-0.2, 0) is 24.4 Å². The van der Waals surface area contributed by atoms with E-state index in [1.54, 1.807) is 0 Å². The van der Waals surface area contributed by atoms with E-state index in [4.69, 9.17) is 0 Å². The summed E-state index contributed by atoms with van der Waals surface area (Å²) in [6, 6.07) is 10.4. The quantitative estimate of drug-likeness (QED) is 0.727. The number of carbonyl (C=O) groups excluding carboxylic acids is 1. The Bertz CT molecular complexity index is 1030. The Kier molecular flexibility index (Phi) is 4.94. The van der Waals surface area contributed by atoms with Crippen molar-refractivity contribution >= 4 is 22.5 Å². The van der Waals surface area contributed by atoms with Crippen LogP contribution in [-0.4, -0.2) is 34.6 Å². The van der Waals surface area contributed by atoms with Crippen molar-refractivity contribution < 1.29 is 18.0 Å². The topological polar surface area (TPSA) is 50.2 Å². The molecule has 1 fully saturated rings. The van der Waals surface area contributed by atoms with Crippen LogP contribution >= 0.6 is 0 Å². The first-order valence-electron chi connectivity index (χ1n) is 9.41. The maximum atomic E-state index is 12.6. The molecular weight excluding hydrogens is 381 g/mol. The smallest absolute Gasteiger partial charge is 0.368 e. The minimum absolute atomic E-state index is 0.0384. The molecular formula is C21H21F3N4O. The molecule has 1 aromatic carbocycles. The molecule has 5 nitrogen and oxygen atoms in total. The number of amides is 1. The zero-order valence-corrected chi connectivity index (χ0v) is 15.9. The minimum Gasteiger partial charge on any atom is -0.368 e. The van der Waals surface area contributed by atoms with Gasteiger partial charge in [0.05, 0.1) is 18.3 Å². The van der Waals surface area contributed by atoms with Gasteiger partial charge in [-0.25, -0.2) is 4.98 Å². The van der Waals surface area contributed by atoms with Crippen molar-refractivity contribution in [3.05, 3.63) is 60.0 Å². The predicted octanol–water partition coefficient (Wildman–Crippen LogP) is 3.53. The molecule has 0 radical (unpaired) electrons. The lowest BCUT2D eigenvalue weighted by Gasteiger charge is -2.19. The average Bonchev–Trinajstić information content (AvgIpc) is 3.28. The summed E-state index contributed by atoms with van der Waals surface area (Å²) >= 11 is 0. The van der Waals surface area contributed by atoms with Gasteiger partial charge < -0.3 is 14.8 Å². The fraction of sp³-hybridized carbons (Fsp3) is 0.333. The van der Waals surface area contributed by atoms with Gasteiger partial charge in [0.1, 0.15) is 5.69 Å². The summed E-state index contributed by atoms with van der Waals surface area (Å²) in [6.07, 6.45) is -0.189. The second-order valence-electron chi connectivity index (χ2n) is 7.40. The Labute approximate surface area is 166 Å². The Hall–Kier alpha value is -3.03. The number of nitrogens with zero attached hydrogens (tertiary/aromatic N) is 3. The highest BCUT2D eigenvalue weighted by atomic mass is 19.4. The number of pyridine rings is 1. The number of hydrogen-bond acceptors (Lipinski definition) is 3. The van der Waals surface area contributed by atoms with Gasteiger partial charge in [0.15, 0.2) is 0 Å². The number of rotatable bonds is 4. The van der Waals surface area contributed by atoms with Crippen LogP contribution in [0.15, 0.2) is 48.8 Å². The van der Waals surface area contributed by atoms with Gasteiger partial charge in [-0.15, -0.1) is 0 Å². The summed E-state index contributed by atoms with van der Waals surface area (Å²) in [6.45, 7) is 1.21. The van der Waals surface area contributed by atoms with Gasteiger partial charge in [-0.2, -0.15) is 13.2 Å². The number of aromatic nitrogens is 2. The molecule has 0 aliphatic carbocycles. The van der Waals surface area contributed by atoms with Crippen molar-refractivity contribution in [2.45, 2.75) is 25.1 Å². The van der Waals surface area contributed by atoms with Gasteiger partial charge in [0, 0.05) is 37.9 Å². The summed E-state index contributed by atoms with van der Waals surface area (Å²) in [5.41, 5.74) is 1.75. The standard InChI is InChI=1S/C21H21F3N4O/c1-27-8-6-15-3-2-14(10-18(15)27)11-20(29)26-16-7-9-28(13-16)17-4-5-19(25-12-17)21(22,23)24/h2-6,8,10,12,16H,7,9,11,13H2,1H3,(H,26,29)/t16-/m1/s1. The normalized spacial score (nSPS) is 17.1. The van der Waals surface area contributed by atoms with Crippen molar-refractivity contribution in [3.63, 3.8) is 0 Å². The number of halogens is 3. The van der Waals surface area contributed by atoms with Gasteiger partial charge in [-0.1, -0.05) is 12.1 Å². The Morgan fingerprint density at radius 1 is 1.24 bits per heavy atom. The molecule has 3 heterocycles. The monoisotopic (exact) mass is 402 g/mol. The van der Waals surface area contributed by atoms with Crippen LogP contribution in [0.2, 0.25) is 0 Å². The number of benzene rings is 1. The molecule has 0 unspecified atom stereocenters. The summed E-state index contributed by atoms with van der Waals surface area (Å²) in [5.74, 6) is -0.0593. The van der Waals surface area contributed by atoms with E-state index in [1.165, 1.54) is 12.3 Å². The van der Waals surface area contributed by atoms with Crippen molar-refractivity contribution in [1.29, 1.82) is 0 Å². The molecule has 2 aromatic heterocycles. The lowest BCUT2D eigenvalue weighted by Crippen LogP contribution is -2.38. The molecule has 8 heteroatoms. The molecule has 1 saturated heterocycles. The Balaban J connectivity index is 1.34. The van der Waals surface area contributed by atoms with E-state index < -0.39 is 11.9 Å². The maximum Gasteiger partial charge on any atom is 0.433 e. The zero-order chi connectivity index (χ0) is 20.6. The van der Waals surface area contributed by atoms with Crippen molar-refractivity contribution in [1.82, 2.24) is 14.9 Å². The van der Waals surface area contributed by atoms with Gasteiger partial charge in [-0.05, 0) is 41.6 Å². The van der Waals surface area contributed by atoms with Gasteiger partial charge in [0.2, 0.25) is 5.91 Å². The van der Waals surface area contributed by atoms with E-state index >= 15 is 0 Å². The summed E-state index contributed by atoms with van der Waals surface area (Å²) in [5, 5.41) is 4.16. The molecule has 29 heavy (non-hydrogen) atoms. The summed E-state index contributed by atoms with van der Waals surface area (Å²) in [4.78, 5) is 17.9. The van der Waals surface area contributed by atoms with Gasteiger partial charge in [-0.3, -0.25) is 4.79 Å². The first kappa shape index (κ1) is 19.3. The summed E-state index contributed by atoms with van der Waals surface area (Å²) < 4.78 is 40.0. The number of aryl methyl sites for hydroxylation is 1. The van der Waals surface area contributed by atoms with Crippen LogP contribution in [0.25, 0.3) is 10.9 Å². The van der Waals surface area contributed by atoms with Crippen molar-refractivity contribution in [3.8, 4) is 0 Å². The highest BCUT2D eigenvalue weighted by Crippen LogP contribution is 2.29. The van der Waals surface area contributed by atoms with Crippen molar-refractivity contribution in [2.75, 3.05) is 18.0 Å². The number of nitrogens with one attached hydrogen (secondary N) is 1. The molecule has 4 rings (SSSR count). The second kappa shape index (κ2) is 7.42. The molecule has 152 valence electrons. The Morgan fingerprint density at radius 3 is 2.79 bits per heavy atom. The SMILES string of the molecule is Cn1ccc2ccc(CC(=O)N[C@@H]3CCN(c4ccc(C(F)(F)F)nc4)C3)cc21. The van der Waals surface area contributed by atoms with E-state index in [9.17, 15) is 18.0 Å². The third kappa shape index (κ3) is 4.21. The molecule has 1 atom stereocenters. The Morgan fingerprint density at radius 2 is 2.07 bits per heavy atom. The van der Waals surface area contributed by atoms with Crippen molar-refractivity contribution in [2.24, 2.45) is 7.05 Å². The van der Waals surface area contributed by atoms with Gasteiger partial charge in [0.25, 0.3) is 0 Å². The first-order valence-corrected chi connectivity index (χ1v) is 9.41. The lowest BCUT2D eigenvalue weighted by molar-refractivity contribution is -0.141. The van der Waals surface area contributed by atoms with Crippen LogP contribution < -0.4 is 10.2 Å². The number of hydrogen-bond donors (Lipinski definition) is 1. The predicted molar refractivity (Wildman–Crippen MR) is 105 cm³/mol. The van der Waals surface area contributed by atoms with E-state index in [0.29, 0.717) is 25.2 Å². The first-order chi connectivity index (χ1) is 13.8. The number of fused-ring (bicyclic) bond motifs is 1. The van der Waals surface area contributed by atoms with E-state index in [1.807, 2.05) is 47.0 Å². The van der Waals surface area contributed by atoms with Gasteiger partial charge >= 0.3 is 6.18 Å². The molecule has 1 amide bonds. The maximum absolute atomic E-state index is 12.6. The van der Waals surface area contributed by atoms with Crippen LogP contribution in [0.1, 0.15) is 17.7 Å². The molecule has 0 bridgehead atoms. The minimum atomic E-state index is -4.44. The molecule has 3 aromatic rings. The van der Waals surface area contributed by atoms with E-state index in [0.717, 1.165) is 29.0 Å². The molecule has 1 aliphatic rings. The fourth-order valence-electron chi connectivity index (χ4n) is 3.74. The van der Waals surface area contributed by atoms with E-state index in [-0.39, 0.29) is 11.9 Å². The lowest BCUT2D eigenvalue weighted by atomic mass is 10.1.